The van der Waals surface area contributed by atoms with Crippen LogP contribution in [0.5, 0.6) is 0 Å². The lowest BCUT2D eigenvalue weighted by atomic mass is 9.46. The molecule has 2 fully saturated rings. The second-order valence-corrected chi connectivity index (χ2v) is 7.23. The first-order valence-electron chi connectivity index (χ1n) is 8.07. The fourth-order valence-corrected chi connectivity index (χ4v) is 3.98. The topological polar surface area (TPSA) is 47.3 Å². The number of nitrogens with one attached hydrogen (secondary N) is 1. The van der Waals surface area contributed by atoms with Crippen LogP contribution in [0.3, 0.4) is 0 Å². The predicted molar refractivity (Wildman–Crippen MR) is 80.2 cm³/mol. The molecule has 1 aliphatic heterocycles. The molecule has 0 aromatic rings. The van der Waals surface area contributed by atoms with Crippen LogP contribution in [0.2, 0.25) is 0 Å². The van der Waals surface area contributed by atoms with Crippen molar-refractivity contribution >= 4 is 0 Å². The number of hydrogen-bond acceptors (Lipinski definition) is 3. The van der Waals surface area contributed by atoms with E-state index < -0.39 is 0 Å². The van der Waals surface area contributed by atoms with Gasteiger partial charge in [-0.05, 0) is 26.2 Å². The third-order valence-electron chi connectivity index (χ3n) is 5.63. The van der Waals surface area contributed by atoms with E-state index in [1.54, 1.807) is 0 Å². The van der Waals surface area contributed by atoms with Gasteiger partial charge in [0.05, 0.1) is 6.10 Å². The van der Waals surface area contributed by atoms with Crippen LogP contribution in [0, 0.1) is 11.3 Å². The van der Waals surface area contributed by atoms with E-state index in [4.69, 9.17) is 10.5 Å². The maximum atomic E-state index is 6.77. The Morgan fingerprint density at radius 1 is 1.42 bits per heavy atom. The minimum Gasteiger partial charge on any atom is -0.377 e. The van der Waals surface area contributed by atoms with Crippen LogP contribution >= 0.6 is 0 Å². The second-order valence-electron chi connectivity index (χ2n) is 7.23. The Morgan fingerprint density at radius 3 is 2.84 bits per heavy atom. The van der Waals surface area contributed by atoms with Crippen molar-refractivity contribution in [2.45, 2.75) is 77.5 Å². The lowest BCUT2D eigenvalue weighted by Gasteiger charge is -2.66. The highest BCUT2D eigenvalue weighted by Gasteiger charge is 2.66. The van der Waals surface area contributed by atoms with Crippen molar-refractivity contribution in [2.24, 2.45) is 17.1 Å². The number of hydrogen-bond donors (Lipinski definition) is 2. The highest BCUT2D eigenvalue weighted by molar-refractivity contribution is 5.20. The van der Waals surface area contributed by atoms with Gasteiger partial charge in [-0.1, -0.05) is 33.6 Å². The molecule has 19 heavy (non-hydrogen) atoms. The molecule has 2 rings (SSSR count). The van der Waals surface area contributed by atoms with Crippen LogP contribution < -0.4 is 11.1 Å². The molecule has 0 aromatic heterocycles. The first-order valence-corrected chi connectivity index (χ1v) is 8.07. The van der Waals surface area contributed by atoms with Gasteiger partial charge < -0.3 is 15.8 Å². The van der Waals surface area contributed by atoms with Crippen molar-refractivity contribution in [3.8, 4) is 0 Å². The van der Waals surface area contributed by atoms with E-state index in [1.165, 1.54) is 32.1 Å². The highest BCUT2D eigenvalue weighted by atomic mass is 16.5. The molecule has 1 saturated heterocycles. The normalized spacial score (nSPS) is 38.4. The van der Waals surface area contributed by atoms with Crippen LogP contribution in [0.25, 0.3) is 0 Å². The summed E-state index contributed by atoms with van der Waals surface area (Å²) in [6.45, 7) is 10.9. The van der Waals surface area contributed by atoms with E-state index in [1.807, 2.05) is 0 Å². The molecule has 3 N–H and O–H groups in total. The minimum atomic E-state index is -0.0986. The maximum absolute atomic E-state index is 6.77. The van der Waals surface area contributed by atoms with Gasteiger partial charge in [0.1, 0.15) is 0 Å². The Kier molecular flexibility index (Phi) is 4.59. The number of rotatable bonds is 6. The van der Waals surface area contributed by atoms with Crippen molar-refractivity contribution in [2.75, 3.05) is 13.2 Å². The van der Waals surface area contributed by atoms with Crippen LogP contribution in [-0.4, -0.2) is 30.8 Å². The van der Waals surface area contributed by atoms with Gasteiger partial charge in [0.2, 0.25) is 0 Å². The van der Waals surface area contributed by atoms with E-state index in [9.17, 15) is 0 Å². The van der Waals surface area contributed by atoms with E-state index >= 15 is 0 Å². The third kappa shape index (κ3) is 2.57. The molecule has 0 bridgehead atoms. The molecule has 1 heterocycles. The number of unbranched alkanes of at least 4 members (excludes halogenated alkanes) is 1. The Hall–Kier alpha value is -0.120. The molecule has 3 nitrogen and oxygen atoms in total. The van der Waals surface area contributed by atoms with Crippen LogP contribution in [0.1, 0.15) is 59.8 Å². The van der Waals surface area contributed by atoms with E-state index in [2.05, 4.69) is 33.0 Å². The fraction of sp³-hybridized carbons (Fsp3) is 1.00. The lowest BCUT2D eigenvalue weighted by Crippen LogP contribution is -2.80. The van der Waals surface area contributed by atoms with Crippen molar-refractivity contribution < 1.29 is 4.74 Å². The van der Waals surface area contributed by atoms with Crippen molar-refractivity contribution in [1.82, 2.24) is 5.32 Å². The molecule has 0 amide bonds. The second kappa shape index (κ2) is 5.71. The summed E-state index contributed by atoms with van der Waals surface area (Å²) in [5.41, 5.74) is 6.76. The first kappa shape index (κ1) is 15.3. The number of ether oxygens (including phenoxy) is 1. The Balaban J connectivity index is 1.90. The van der Waals surface area contributed by atoms with Gasteiger partial charge in [-0.3, -0.25) is 0 Å². The quantitative estimate of drug-likeness (QED) is 0.778. The third-order valence-corrected chi connectivity index (χ3v) is 5.63. The number of fused-ring (bicyclic) bond motifs is 1. The van der Waals surface area contributed by atoms with Crippen LogP contribution in [-0.2, 0) is 4.74 Å². The van der Waals surface area contributed by atoms with Gasteiger partial charge in [0.25, 0.3) is 0 Å². The summed E-state index contributed by atoms with van der Waals surface area (Å²) in [7, 11) is 0. The fourth-order valence-electron chi connectivity index (χ4n) is 3.98. The van der Waals surface area contributed by atoms with E-state index in [-0.39, 0.29) is 11.0 Å². The molecule has 1 aliphatic carbocycles. The van der Waals surface area contributed by atoms with Gasteiger partial charge >= 0.3 is 0 Å². The zero-order valence-corrected chi connectivity index (χ0v) is 13.2. The highest BCUT2D eigenvalue weighted by Crippen LogP contribution is 2.57. The number of nitrogens with two attached hydrogens (primary N) is 1. The Labute approximate surface area is 118 Å². The molecule has 0 aromatic carbocycles. The SMILES string of the molecule is CCCCC(C)NCC1(N)C2CCCOC2C1(C)C. The predicted octanol–water partition coefficient (Wildman–Crippen LogP) is 2.69. The zero-order valence-electron chi connectivity index (χ0n) is 13.2. The monoisotopic (exact) mass is 268 g/mol. The molecule has 4 atom stereocenters. The smallest absolute Gasteiger partial charge is 0.0690 e. The van der Waals surface area contributed by atoms with Crippen LogP contribution in [0.4, 0.5) is 0 Å². The van der Waals surface area contributed by atoms with Gasteiger partial charge in [-0.2, -0.15) is 0 Å². The average molecular weight is 268 g/mol. The largest absolute Gasteiger partial charge is 0.377 e. The molecule has 112 valence electrons. The van der Waals surface area contributed by atoms with Crippen molar-refractivity contribution in [1.29, 1.82) is 0 Å². The van der Waals surface area contributed by atoms with E-state index in [0.29, 0.717) is 18.1 Å². The summed E-state index contributed by atoms with van der Waals surface area (Å²) in [6.07, 6.45) is 6.59. The molecule has 1 saturated carbocycles. The summed E-state index contributed by atoms with van der Waals surface area (Å²) in [6, 6.07) is 0.569. The van der Waals surface area contributed by atoms with Gasteiger partial charge in [0.15, 0.2) is 0 Å². The van der Waals surface area contributed by atoms with Gasteiger partial charge in [-0.15, -0.1) is 0 Å². The summed E-state index contributed by atoms with van der Waals surface area (Å²) >= 11 is 0. The first-order chi connectivity index (χ1) is 8.93. The molecule has 0 radical (unpaired) electrons. The summed E-state index contributed by atoms with van der Waals surface area (Å²) in [5, 5.41) is 3.67. The van der Waals surface area contributed by atoms with Crippen molar-refractivity contribution in [3.05, 3.63) is 0 Å². The standard InChI is InChI=1S/C16H32N2O/c1-5-6-8-12(2)18-11-16(17)13-9-7-10-19-14(13)15(16,3)4/h12-14,18H,5-11,17H2,1-4H3. The maximum Gasteiger partial charge on any atom is 0.0690 e. The summed E-state index contributed by atoms with van der Waals surface area (Å²) in [4.78, 5) is 0. The molecular weight excluding hydrogens is 236 g/mol. The van der Waals surface area contributed by atoms with Gasteiger partial charge in [-0.25, -0.2) is 0 Å². The average Bonchev–Trinajstić information content (AvgIpc) is 2.42. The Morgan fingerprint density at radius 2 is 2.16 bits per heavy atom. The molecular formula is C16H32N2O. The summed E-state index contributed by atoms with van der Waals surface area (Å²) in [5.74, 6) is 0.544. The minimum absolute atomic E-state index is 0.0928. The van der Waals surface area contributed by atoms with Crippen molar-refractivity contribution in [3.63, 3.8) is 0 Å². The Bertz CT molecular complexity index is 305. The molecule has 4 unspecified atom stereocenters. The molecule has 2 aliphatic rings. The lowest BCUT2D eigenvalue weighted by molar-refractivity contribution is -0.226. The molecule has 3 heteroatoms. The summed E-state index contributed by atoms with van der Waals surface area (Å²) < 4.78 is 5.95. The van der Waals surface area contributed by atoms with E-state index in [0.717, 1.165) is 13.2 Å². The van der Waals surface area contributed by atoms with Gasteiger partial charge in [0, 0.05) is 36.1 Å². The molecule has 0 spiro atoms. The zero-order chi connectivity index (χ0) is 14.1. The van der Waals surface area contributed by atoms with Crippen LogP contribution in [0.15, 0.2) is 0 Å².